The first-order chi connectivity index (χ1) is 6.59. The zero-order chi connectivity index (χ0) is 10.3. The molecule has 1 heterocycles. The number of aromatic nitrogens is 1. The number of benzene rings is 1. The first-order valence-corrected chi connectivity index (χ1v) is 4.60. The van der Waals surface area contributed by atoms with Crippen molar-refractivity contribution in [3.05, 3.63) is 42.1 Å². The lowest BCUT2D eigenvalue weighted by atomic mass is 10.1. The summed E-state index contributed by atoms with van der Waals surface area (Å²) in [6.45, 7) is 5.83. The lowest BCUT2D eigenvalue weighted by Crippen LogP contribution is -1.93. The molecule has 1 aromatic heterocycles. The average molecular weight is 186 g/mol. The Kier molecular flexibility index (Phi) is 1.84. The van der Waals surface area contributed by atoms with E-state index in [0.717, 1.165) is 5.56 Å². The number of rotatable bonds is 1. The van der Waals surface area contributed by atoms with Crippen molar-refractivity contribution in [1.29, 1.82) is 0 Å². The molecule has 0 atom stereocenters. The van der Waals surface area contributed by atoms with Gasteiger partial charge in [-0.3, -0.25) is 0 Å². The van der Waals surface area contributed by atoms with Gasteiger partial charge in [0.15, 0.2) is 0 Å². The molecule has 0 saturated heterocycles. The highest BCUT2D eigenvalue weighted by molar-refractivity contribution is 5.84. The summed E-state index contributed by atoms with van der Waals surface area (Å²) in [7, 11) is 2.06. The van der Waals surface area contributed by atoms with Crippen LogP contribution < -0.4 is 5.73 Å². The van der Waals surface area contributed by atoms with Crippen LogP contribution in [-0.4, -0.2) is 4.57 Å². The highest BCUT2D eigenvalue weighted by Crippen LogP contribution is 2.21. The molecule has 2 N–H and O–H groups in total. The monoisotopic (exact) mass is 186 g/mol. The van der Waals surface area contributed by atoms with E-state index in [4.69, 9.17) is 5.73 Å². The van der Waals surface area contributed by atoms with E-state index in [2.05, 4.69) is 43.3 Å². The predicted octanol–water partition coefficient (Wildman–Crippen LogP) is 2.42. The van der Waals surface area contributed by atoms with Crippen molar-refractivity contribution >= 4 is 16.6 Å². The van der Waals surface area contributed by atoms with Crippen molar-refractivity contribution in [2.75, 3.05) is 0 Å². The van der Waals surface area contributed by atoms with E-state index in [1.165, 1.54) is 16.6 Å². The molecule has 0 amide bonds. The number of hydrogen-bond donors (Lipinski definition) is 1. The van der Waals surface area contributed by atoms with Gasteiger partial charge in [0.05, 0.1) is 0 Å². The van der Waals surface area contributed by atoms with Crippen molar-refractivity contribution in [3.63, 3.8) is 0 Å². The molecular formula is C12H14N2. The Morgan fingerprint density at radius 3 is 2.71 bits per heavy atom. The number of nitrogens with two attached hydrogens (primary N) is 1. The Morgan fingerprint density at radius 2 is 2.07 bits per heavy atom. The van der Waals surface area contributed by atoms with Crippen LogP contribution in [0.15, 0.2) is 30.8 Å². The number of fused-ring (bicyclic) bond motifs is 1. The smallest absolute Gasteiger partial charge is 0.0480 e. The largest absolute Gasteiger partial charge is 0.399 e. The second kappa shape index (κ2) is 2.91. The van der Waals surface area contributed by atoms with Crippen LogP contribution in [0.2, 0.25) is 0 Å². The van der Waals surface area contributed by atoms with Gasteiger partial charge in [-0.1, -0.05) is 12.6 Å². The van der Waals surface area contributed by atoms with E-state index in [1.54, 1.807) is 0 Å². The van der Waals surface area contributed by atoms with Gasteiger partial charge in [-0.05, 0) is 30.7 Å². The first kappa shape index (κ1) is 8.88. The standard InChI is InChI=1S/C12H14N2/c1-8-6-11-7-10(9(2)13)4-5-12(11)14(8)3/h4-7H,2,13H2,1,3H3. The number of aryl methyl sites for hydroxylation is 2. The van der Waals surface area contributed by atoms with E-state index in [-0.39, 0.29) is 0 Å². The summed E-state index contributed by atoms with van der Waals surface area (Å²) in [4.78, 5) is 0. The second-order valence-electron chi connectivity index (χ2n) is 3.64. The molecule has 0 radical (unpaired) electrons. The van der Waals surface area contributed by atoms with Crippen LogP contribution >= 0.6 is 0 Å². The quantitative estimate of drug-likeness (QED) is 0.728. The topological polar surface area (TPSA) is 30.9 Å². The van der Waals surface area contributed by atoms with Crippen LogP contribution in [0.3, 0.4) is 0 Å². The SMILES string of the molecule is C=C(N)c1ccc2c(c1)cc(C)n2C. The third kappa shape index (κ3) is 1.20. The molecule has 0 unspecified atom stereocenters. The molecule has 14 heavy (non-hydrogen) atoms. The molecule has 0 aliphatic carbocycles. The van der Waals surface area contributed by atoms with Crippen LogP contribution in [0.25, 0.3) is 16.6 Å². The fourth-order valence-electron chi connectivity index (χ4n) is 1.69. The van der Waals surface area contributed by atoms with Crippen LogP contribution in [-0.2, 0) is 7.05 Å². The minimum Gasteiger partial charge on any atom is -0.399 e. The zero-order valence-corrected chi connectivity index (χ0v) is 8.54. The Hall–Kier alpha value is -1.70. The molecule has 1 aromatic carbocycles. The summed E-state index contributed by atoms with van der Waals surface area (Å²) in [6, 6.07) is 8.31. The fourth-order valence-corrected chi connectivity index (χ4v) is 1.69. The maximum absolute atomic E-state index is 5.65. The van der Waals surface area contributed by atoms with Gasteiger partial charge in [-0.2, -0.15) is 0 Å². The van der Waals surface area contributed by atoms with Crippen molar-refractivity contribution < 1.29 is 0 Å². The highest BCUT2D eigenvalue weighted by atomic mass is 14.9. The van der Waals surface area contributed by atoms with Gasteiger partial charge >= 0.3 is 0 Å². The molecule has 0 spiro atoms. The Labute approximate surface area is 83.6 Å². The Bertz CT molecular complexity index is 506. The van der Waals surface area contributed by atoms with Gasteiger partial charge < -0.3 is 10.3 Å². The van der Waals surface area contributed by atoms with Crippen molar-refractivity contribution in [3.8, 4) is 0 Å². The van der Waals surface area contributed by atoms with Gasteiger partial charge in [0.2, 0.25) is 0 Å². The summed E-state index contributed by atoms with van der Waals surface area (Å²) in [6.07, 6.45) is 0. The third-order valence-corrected chi connectivity index (χ3v) is 2.65. The summed E-state index contributed by atoms with van der Waals surface area (Å²) < 4.78 is 2.17. The maximum Gasteiger partial charge on any atom is 0.0480 e. The summed E-state index contributed by atoms with van der Waals surface area (Å²) in [5, 5.41) is 1.22. The van der Waals surface area contributed by atoms with E-state index in [1.807, 2.05) is 6.07 Å². The molecule has 0 saturated carbocycles. The average Bonchev–Trinajstić information content (AvgIpc) is 2.42. The van der Waals surface area contributed by atoms with Crippen LogP contribution in [0, 0.1) is 6.92 Å². The molecule has 0 fully saturated rings. The summed E-state index contributed by atoms with van der Waals surface area (Å²) in [5.74, 6) is 0. The molecule has 0 aliphatic heterocycles. The molecule has 72 valence electrons. The Morgan fingerprint density at radius 1 is 1.36 bits per heavy atom. The summed E-state index contributed by atoms with van der Waals surface area (Å²) in [5.41, 5.74) is 9.75. The maximum atomic E-state index is 5.65. The first-order valence-electron chi connectivity index (χ1n) is 4.60. The lowest BCUT2D eigenvalue weighted by molar-refractivity contribution is 0.918. The van der Waals surface area contributed by atoms with Gasteiger partial charge in [-0.25, -0.2) is 0 Å². The van der Waals surface area contributed by atoms with E-state index in [9.17, 15) is 0 Å². The Balaban J connectivity index is 2.73. The molecule has 2 nitrogen and oxygen atoms in total. The van der Waals surface area contributed by atoms with Crippen LogP contribution in [0.4, 0.5) is 0 Å². The molecule has 0 aliphatic rings. The van der Waals surface area contributed by atoms with Gasteiger partial charge in [-0.15, -0.1) is 0 Å². The lowest BCUT2D eigenvalue weighted by Gasteiger charge is -2.01. The highest BCUT2D eigenvalue weighted by Gasteiger charge is 2.03. The van der Waals surface area contributed by atoms with Crippen molar-refractivity contribution in [2.24, 2.45) is 12.8 Å². The fraction of sp³-hybridized carbons (Fsp3) is 0.167. The van der Waals surface area contributed by atoms with E-state index >= 15 is 0 Å². The predicted molar refractivity (Wildman–Crippen MR) is 60.9 cm³/mol. The van der Waals surface area contributed by atoms with Gasteiger partial charge in [0.25, 0.3) is 0 Å². The van der Waals surface area contributed by atoms with Gasteiger partial charge in [0.1, 0.15) is 0 Å². The second-order valence-corrected chi connectivity index (χ2v) is 3.64. The normalized spacial score (nSPS) is 10.7. The third-order valence-electron chi connectivity index (χ3n) is 2.65. The van der Waals surface area contributed by atoms with Gasteiger partial charge in [0, 0.05) is 29.3 Å². The zero-order valence-electron chi connectivity index (χ0n) is 8.54. The van der Waals surface area contributed by atoms with E-state index in [0.29, 0.717) is 5.70 Å². The number of hydrogen-bond acceptors (Lipinski definition) is 1. The molecule has 2 heteroatoms. The number of nitrogens with zero attached hydrogens (tertiary/aromatic N) is 1. The molecule has 2 rings (SSSR count). The van der Waals surface area contributed by atoms with Crippen LogP contribution in [0.1, 0.15) is 11.3 Å². The minimum atomic E-state index is 0.619. The van der Waals surface area contributed by atoms with Crippen molar-refractivity contribution in [1.82, 2.24) is 4.57 Å². The van der Waals surface area contributed by atoms with E-state index < -0.39 is 0 Å². The minimum absolute atomic E-state index is 0.619. The molecule has 2 aromatic rings. The van der Waals surface area contributed by atoms with Crippen molar-refractivity contribution in [2.45, 2.75) is 6.92 Å². The molecule has 0 bridgehead atoms. The van der Waals surface area contributed by atoms with Crippen LogP contribution in [0.5, 0.6) is 0 Å². The summed E-state index contributed by atoms with van der Waals surface area (Å²) >= 11 is 0. The molecular weight excluding hydrogens is 172 g/mol.